The van der Waals surface area contributed by atoms with E-state index in [1.807, 2.05) is 0 Å². The van der Waals surface area contributed by atoms with Crippen LogP contribution in [0.1, 0.15) is 84.0 Å². The molecule has 1 heteroatoms. The standard InChI is InChI=1S/C19H35N/c1-2-5-15-8-9-17(14-20-19-10-11-19)18(12-15)13-16-6-3-4-7-16/h15-20H,2-14H2,1H3. The van der Waals surface area contributed by atoms with Crippen molar-refractivity contribution in [2.75, 3.05) is 6.54 Å². The maximum atomic E-state index is 3.83. The lowest BCUT2D eigenvalue weighted by molar-refractivity contribution is 0.142. The van der Waals surface area contributed by atoms with Crippen LogP contribution in [0, 0.1) is 23.7 Å². The van der Waals surface area contributed by atoms with Crippen LogP contribution in [0.5, 0.6) is 0 Å². The summed E-state index contributed by atoms with van der Waals surface area (Å²) in [6, 6.07) is 0.899. The van der Waals surface area contributed by atoms with Gasteiger partial charge in [-0.1, -0.05) is 51.9 Å². The Hall–Kier alpha value is -0.0400. The van der Waals surface area contributed by atoms with Crippen molar-refractivity contribution in [3.05, 3.63) is 0 Å². The van der Waals surface area contributed by atoms with Crippen LogP contribution < -0.4 is 5.32 Å². The van der Waals surface area contributed by atoms with Gasteiger partial charge in [0.05, 0.1) is 0 Å². The second-order valence-electron chi connectivity index (χ2n) is 8.06. The minimum Gasteiger partial charge on any atom is -0.314 e. The average Bonchev–Trinajstić information content (AvgIpc) is 3.14. The quantitative estimate of drug-likeness (QED) is 0.678. The molecule has 0 aromatic heterocycles. The van der Waals surface area contributed by atoms with Crippen molar-refractivity contribution < 1.29 is 0 Å². The van der Waals surface area contributed by atoms with Crippen LogP contribution in [-0.4, -0.2) is 12.6 Å². The van der Waals surface area contributed by atoms with Gasteiger partial charge in [-0.3, -0.25) is 0 Å². The van der Waals surface area contributed by atoms with Crippen molar-refractivity contribution in [2.24, 2.45) is 23.7 Å². The Bertz CT molecular complexity index is 277. The van der Waals surface area contributed by atoms with Crippen molar-refractivity contribution in [3.63, 3.8) is 0 Å². The Labute approximate surface area is 126 Å². The van der Waals surface area contributed by atoms with Crippen LogP contribution in [0.4, 0.5) is 0 Å². The molecule has 3 saturated carbocycles. The normalized spacial score (nSPS) is 35.5. The number of hydrogen-bond donors (Lipinski definition) is 1. The molecule has 0 aromatic carbocycles. The van der Waals surface area contributed by atoms with Gasteiger partial charge < -0.3 is 5.32 Å². The van der Waals surface area contributed by atoms with Gasteiger partial charge in [0.1, 0.15) is 0 Å². The summed E-state index contributed by atoms with van der Waals surface area (Å²) in [5.41, 5.74) is 0. The van der Waals surface area contributed by atoms with E-state index in [1.54, 1.807) is 12.8 Å². The maximum absolute atomic E-state index is 3.83. The van der Waals surface area contributed by atoms with E-state index in [0.717, 1.165) is 29.7 Å². The van der Waals surface area contributed by atoms with Gasteiger partial charge in [0.15, 0.2) is 0 Å². The SMILES string of the molecule is CCCC1CCC(CNC2CC2)C(CC2CCCC2)C1. The third-order valence-corrected chi connectivity index (χ3v) is 6.30. The lowest BCUT2D eigenvalue weighted by Crippen LogP contribution is -2.35. The Morgan fingerprint density at radius 2 is 1.65 bits per heavy atom. The van der Waals surface area contributed by atoms with Crippen LogP contribution >= 0.6 is 0 Å². The number of nitrogens with one attached hydrogen (secondary N) is 1. The monoisotopic (exact) mass is 277 g/mol. The molecule has 20 heavy (non-hydrogen) atoms. The predicted molar refractivity (Wildman–Crippen MR) is 86.8 cm³/mol. The Balaban J connectivity index is 1.51. The molecule has 0 amide bonds. The first-order valence-electron chi connectivity index (χ1n) is 9.58. The largest absolute Gasteiger partial charge is 0.314 e. The molecule has 0 heterocycles. The molecule has 0 aromatic rings. The van der Waals surface area contributed by atoms with Gasteiger partial charge >= 0.3 is 0 Å². The van der Waals surface area contributed by atoms with E-state index in [4.69, 9.17) is 0 Å². The molecule has 3 unspecified atom stereocenters. The summed E-state index contributed by atoms with van der Waals surface area (Å²) < 4.78 is 0. The molecule has 3 aliphatic carbocycles. The van der Waals surface area contributed by atoms with E-state index in [0.29, 0.717) is 0 Å². The van der Waals surface area contributed by atoms with Gasteiger partial charge in [0.2, 0.25) is 0 Å². The van der Waals surface area contributed by atoms with E-state index in [1.165, 1.54) is 70.8 Å². The highest BCUT2D eigenvalue weighted by Crippen LogP contribution is 2.42. The van der Waals surface area contributed by atoms with Crippen LogP contribution in [-0.2, 0) is 0 Å². The second-order valence-corrected chi connectivity index (χ2v) is 8.06. The molecule has 0 saturated heterocycles. The summed E-state index contributed by atoms with van der Waals surface area (Å²) in [5.74, 6) is 4.20. The summed E-state index contributed by atoms with van der Waals surface area (Å²) in [6.07, 6.45) is 18.0. The first-order valence-corrected chi connectivity index (χ1v) is 9.58. The van der Waals surface area contributed by atoms with Gasteiger partial charge in [-0.2, -0.15) is 0 Å². The third kappa shape index (κ3) is 4.23. The van der Waals surface area contributed by atoms with Crippen LogP contribution in [0.3, 0.4) is 0 Å². The Kier molecular flexibility index (Phi) is 5.42. The van der Waals surface area contributed by atoms with Gasteiger partial charge in [0, 0.05) is 6.04 Å². The second kappa shape index (κ2) is 7.29. The van der Waals surface area contributed by atoms with E-state index in [2.05, 4.69) is 12.2 Å². The molecule has 1 N–H and O–H groups in total. The fourth-order valence-corrected chi connectivity index (χ4v) is 4.93. The summed E-state index contributed by atoms with van der Waals surface area (Å²) in [5, 5.41) is 3.83. The van der Waals surface area contributed by atoms with Crippen LogP contribution in [0.2, 0.25) is 0 Å². The van der Waals surface area contributed by atoms with Gasteiger partial charge in [-0.05, 0) is 62.3 Å². The van der Waals surface area contributed by atoms with E-state index < -0.39 is 0 Å². The first kappa shape index (κ1) is 14.9. The van der Waals surface area contributed by atoms with Crippen LogP contribution in [0.25, 0.3) is 0 Å². The lowest BCUT2D eigenvalue weighted by atomic mass is 9.69. The molecule has 3 aliphatic rings. The fraction of sp³-hybridized carbons (Fsp3) is 1.00. The molecule has 3 fully saturated rings. The van der Waals surface area contributed by atoms with E-state index in [9.17, 15) is 0 Å². The minimum atomic E-state index is 0.899. The first-order chi connectivity index (χ1) is 9.85. The molecule has 116 valence electrons. The zero-order chi connectivity index (χ0) is 13.8. The number of hydrogen-bond acceptors (Lipinski definition) is 1. The van der Waals surface area contributed by atoms with Gasteiger partial charge in [-0.25, -0.2) is 0 Å². The highest BCUT2D eigenvalue weighted by atomic mass is 14.9. The van der Waals surface area contributed by atoms with Crippen LogP contribution in [0.15, 0.2) is 0 Å². The summed E-state index contributed by atoms with van der Waals surface area (Å²) in [6.45, 7) is 3.70. The predicted octanol–water partition coefficient (Wildman–Crippen LogP) is 5.15. The molecule has 0 aliphatic heterocycles. The highest BCUT2D eigenvalue weighted by molar-refractivity contribution is 4.87. The molecular formula is C19H35N. The van der Waals surface area contributed by atoms with Crippen molar-refractivity contribution >= 4 is 0 Å². The zero-order valence-corrected chi connectivity index (χ0v) is 13.6. The topological polar surface area (TPSA) is 12.0 Å². The summed E-state index contributed by atoms with van der Waals surface area (Å²) in [4.78, 5) is 0. The lowest BCUT2D eigenvalue weighted by Gasteiger charge is -2.38. The third-order valence-electron chi connectivity index (χ3n) is 6.30. The Morgan fingerprint density at radius 3 is 2.35 bits per heavy atom. The molecule has 3 atom stereocenters. The maximum Gasteiger partial charge on any atom is 0.00683 e. The molecule has 1 nitrogen and oxygen atoms in total. The van der Waals surface area contributed by atoms with Gasteiger partial charge in [-0.15, -0.1) is 0 Å². The Morgan fingerprint density at radius 1 is 0.850 bits per heavy atom. The summed E-state index contributed by atoms with van der Waals surface area (Å²) in [7, 11) is 0. The van der Waals surface area contributed by atoms with Crippen molar-refractivity contribution in [1.29, 1.82) is 0 Å². The minimum absolute atomic E-state index is 0.899. The van der Waals surface area contributed by atoms with Crippen molar-refractivity contribution in [2.45, 2.75) is 90.0 Å². The molecule has 0 radical (unpaired) electrons. The van der Waals surface area contributed by atoms with Crippen molar-refractivity contribution in [3.8, 4) is 0 Å². The molecule has 0 bridgehead atoms. The average molecular weight is 277 g/mol. The molecule has 0 spiro atoms. The zero-order valence-electron chi connectivity index (χ0n) is 13.6. The van der Waals surface area contributed by atoms with E-state index >= 15 is 0 Å². The van der Waals surface area contributed by atoms with E-state index in [-0.39, 0.29) is 0 Å². The smallest absolute Gasteiger partial charge is 0.00683 e. The highest BCUT2D eigenvalue weighted by Gasteiger charge is 2.33. The molecular weight excluding hydrogens is 242 g/mol. The molecule has 3 rings (SSSR count). The fourth-order valence-electron chi connectivity index (χ4n) is 4.93. The number of rotatable bonds is 7. The van der Waals surface area contributed by atoms with Gasteiger partial charge in [0.25, 0.3) is 0 Å². The summed E-state index contributed by atoms with van der Waals surface area (Å²) >= 11 is 0. The van der Waals surface area contributed by atoms with Crippen molar-refractivity contribution in [1.82, 2.24) is 5.32 Å².